The molecule has 0 spiro atoms. The van der Waals surface area contributed by atoms with Gasteiger partial charge in [0.1, 0.15) is 6.26 Å². The molecule has 0 radical (unpaired) electrons. The largest absolute Gasteiger partial charge is 0.448 e. The van der Waals surface area contributed by atoms with Crippen molar-refractivity contribution in [1.29, 1.82) is 0 Å². The molecular weight excluding hydrogens is 324 g/mol. The highest BCUT2D eigenvalue weighted by Crippen LogP contribution is 2.31. The van der Waals surface area contributed by atoms with Gasteiger partial charge in [0.05, 0.1) is 11.8 Å². The fourth-order valence-corrected chi connectivity index (χ4v) is 3.86. The van der Waals surface area contributed by atoms with Gasteiger partial charge < -0.3 is 9.52 Å². The van der Waals surface area contributed by atoms with E-state index in [0.29, 0.717) is 12.5 Å². The summed E-state index contributed by atoms with van der Waals surface area (Å²) in [5, 5.41) is 13.2. The quantitative estimate of drug-likeness (QED) is 0.762. The van der Waals surface area contributed by atoms with Crippen molar-refractivity contribution >= 4 is 10.8 Å². The lowest BCUT2D eigenvalue weighted by atomic mass is 9.86. The van der Waals surface area contributed by atoms with Crippen molar-refractivity contribution in [1.82, 2.24) is 9.88 Å². The number of rotatable bonds is 4. The first-order valence-corrected chi connectivity index (χ1v) is 9.43. The Kier molecular flexibility index (Phi) is 4.79. The van der Waals surface area contributed by atoms with Crippen molar-refractivity contribution in [3.63, 3.8) is 0 Å². The zero-order valence-corrected chi connectivity index (χ0v) is 15.4. The van der Waals surface area contributed by atoms with Crippen LogP contribution in [0.1, 0.15) is 49.3 Å². The van der Waals surface area contributed by atoms with Gasteiger partial charge in [0, 0.05) is 24.9 Å². The second-order valence-corrected chi connectivity index (χ2v) is 7.64. The fourth-order valence-electron chi connectivity index (χ4n) is 3.86. The van der Waals surface area contributed by atoms with Crippen molar-refractivity contribution in [2.75, 3.05) is 13.1 Å². The molecular formula is C22H26N2O2. The Morgan fingerprint density at radius 3 is 2.73 bits per heavy atom. The summed E-state index contributed by atoms with van der Waals surface area (Å²) in [5.74, 6) is 1.28. The number of aliphatic hydroxyl groups is 1. The van der Waals surface area contributed by atoms with Crippen molar-refractivity contribution in [2.24, 2.45) is 0 Å². The number of nitrogens with zero attached hydrogens (tertiary/aromatic N) is 2. The van der Waals surface area contributed by atoms with E-state index >= 15 is 0 Å². The first-order valence-electron chi connectivity index (χ1n) is 9.43. The van der Waals surface area contributed by atoms with Crippen molar-refractivity contribution in [3.05, 3.63) is 65.9 Å². The van der Waals surface area contributed by atoms with Gasteiger partial charge in [-0.1, -0.05) is 56.3 Å². The standard InChI is InChI=1S/C22H26N2O2/c1-15(2)22-23-19(14-26-22)12-24-10-9-20(21(25)13-24)18-8-7-16-5-3-4-6-17(16)11-18/h3-8,11,14-15,20-21,25H,9-10,12-13H2,1-2H3/t20-,21+/m1/s1. The minimum absolute atomic E-state index is 0.194. The Balaban J connectivity index is 1.43. The summed E-state index contributed by atoms with van der Waals surface area (Å²) in [7, 11) is 0. The molecule has 1 aliphatic rings. The van der Waals surface area contributed by atoms with Crippen molar-refractivity contribution in [2.45, 2.75) is 44.8 Å². The van der Waals surface area contributed by atoms with E-state index in [1.807, 2.05) is 0 Å². The van der Waals surface area contributed by atoms with Gasteiger partial charge in [-0.05, 0) is 29.3 Å². The molecule has 3 aromatic rings. The molecule has 0 unspecified atom stereocenters. The van der Waals surface area contributed by atoms with Crippen LogP contribution in [-0.2, 0) is 6.54 Å². The van der Waals surface area contributed by atoms with Gasteiger partial charge in [0.2, 0.25) is 0 Å². The number of piperidine rings is 1. The van der Waals surface area contributed by atoms with Crippen LogP contribution in [0.4, 0.5) is 0 Å². The number of aromatic nitrogens is 1. The first-order chi connectivity index (χ1) is 12.6. The maximum absolute atomic E-state index is 10.8. The topological polar surface area (TPSA) is 49.5 Å². The number of hydrogen-bond acceptors (Lipinski definition) is 4. The number of hydrogen-bond donors (Lipinski definition) is 1. The Labute approximate surface area is 154 Å². The van der Waals surface area contributed by atoms with Gasteiger partial charge >= 0.3 is 0 Å². The molecule has 0 bridgehead atoms. The van der Waals surface area contributed by atoms with Gasteiger partial charge in [-0.3, -0.25) is 4.90 Å². The fraction of sp³-hybridized carbons (Fsp3) is 0.409. The van der Waals surface area contributed by atoms with Gasteiger partial charge in [-0.15, -0.1) is 0 Å². The zero-order valence-electron chi connectivity index (χ0n) is 15.4. The van der Waals surface area contributed by atoms with Crippen LogP contribution in [0, 0.1) is 0 Å². The molecule has 2 heterocycles. The normalized spacial score (nSPS) is 21.5. The molecule has 1 saturated heterocycles. The molecule has 0 aliphatic carbocycles. The minimum atomic E-state index is -0.360. The van der Waals surface area contributed by atoms with Gasteiger partial charge in [-0.2, -0.15) is 0 Å². The summed E-state index contributed by atoms with van der Waals surface area (Å²) in [6, 6.07) is 14.9. The summed E-state index contributed by atoms with van der Waals surface area (Å²) < 4.78 is 5.53. The predicted molar refractivity (Wildman–Crippen MR) is 103 cm³/mol. The lowest BCUT2D eigenvalue weighted by Crippen LogP contribution is -2.42. The summed E-state index contributed by atoms with van der Waals surface area (Å²) in [5.41, 5.74) is 2.18. The average molecular weight is 350 g/mol. The Hall–Kier alpha value is -2.17. The maximum Gasteiger partial charge on any atom is 0.196 e. The maximum atomic E-state index is 10.8. The summed E-state index contributed by atoms with van der Waals surface area (Å²) in [4.78, 5) is 6.82. The highest BCUT2D eigenvalue weighted by molar-refractivity contribution is 5.83. The van der Waals surface area contributed by atoms with Crippen LogP contribution >= 0.6 is 0 Å². The molecule has 0 amide bonds. The molecule has 1 aromatic heterocycles. The number of fused-ring (bicyclic) bond motifs is 1. The van der Waals surface area contributed by atoms with Crippen LogP contribution in [0.5, 0.6) is 0 Å². The third kappa shape index (κ3) is 3.53. The van der Waals surface area contributed by atoms with Crippen LogP contribution in [0.2, 0.25) is 0 Å². The Morgan fingerprint density at radius 2 is 2.00 bits per heavy atom. The lowest BCUT2D eigenvalue weighted by molar-refractivity contribution is 0.0471. The van der Waals surface area contributed by atoms with Crippen LogP contribution < -0.4 is 0 Å². The number of likely N-dealkylation sites (tertiary alicyclic amines) is 1. The highest BCUT2D eigenvalue weighted by Gasteiger charge is 2.29. The summed E-state index contributed by atoms with van der Waals surface area (Å²) >= 11 is 0. The smallest absolute Gasteiger partial charge is 0.196 e. The third-order valence-electron chi connectivity index (χ3n) is 5.32. The molecule has 1 fully saturated rings. The van der Waals surface area contributed by atoms with Crippen LogP contribution in [0.25, 0.3) is 10.8 Å². The molecule has 26 heavy (non-hydrogen) atoms. The number of aliphatic hydroxyl groups excluding tert-OH is 1. The van der Waals surface area contributed by atoms with E-state index in [1.54, 1.807) is 6.26 Å². The molecule has 2 atom stereocenters. The summed E-state index contributed by atoms with van der Waals surface area (Å²) in [6.07, 6.45) is 2.34. The molecule has 4 nitrogen and oxygen atoms in total. The molecule has 4 heteroatoms. The minimum Gasteiger partial charge on any atom is -0.448 e. The second kappa shape index (κ2) is 7.22. The molecule has 2 aromatic carbocycles. The van der Waals surface area contributed by atoms with Gasteiger partial charge in [-0.25, -0.2) is 4.98 Å². The zero-order chi connectivity index (χ0) is 18.1. The van der Waals surface area contributed by atoms with Gasteiger partial charge in [0.25, 0.3) is 0 Å². The van der Waals surface area contributed by atoms with E-state index in [1.165, 1.54) is 16.3 Å². The first kappa shape index (κ1) is 17.3. The Bertz CT molecular complexity index is 886. The van der Waals surface area contributed by atoms with E-state index in [0.717, 1.165) is 31.1 Å². The number of oxazole rings is 1. The molecule has 136 valence electrons. The van der Waals surface area contributed by atoms with Crippen LogP contribution in [0.3, 0.4) is 0 Å². The van der Waals surface area contributed by atoms with Crippen molar-refractivity contribution < 1.29 is 9.52 Å². The van der Waals surface area contributed by atoms with Gasteiger partial charge in [0.15, 0.2) is 5.89 Å². The van der Waals surface area contributed by atoms with Crippen molar-refractivity contribution in [3.8, 4) is 0 Å². The molecule has 4 rings (SSSR count). The third-order valence-corrected chi connectivity index (χ3v) is 5.32. The molecule has 1 aliphatic heterocycles. The van der Waals surface area contributed by atoms with E-state index in [-0.39, 0.29) is 12.0 Å². The van der Waals surface area contributed by atoms with E-state index in [9.17, 15) is 5.11 Å². The average Bonchev–Trinajstić information content (AvgIpc) is 3.10. The highest BCUT2D eigenvalue weighted by atomic mass is 16.3. The van der Waals surface area contributed by atoms with E-state index in [4.69, 9.17) is 4.42 Å². The lowest BCUT2D eigenvalue weighted by Gasteiger charge is -2.35. The number of benzene rings is 2. The summed E-state index contributed by atoms with van der Waals surface area (Å²) in [6.45, 7) is 6.51. The second-order valence-electron chi connectivity index (χ2n) is 7.64. The predicted octanol–water partition coefficient (Wildman–Crippen LogP) is 4.30. The van der Waals surface area contributed by atoms with E-state index < -0.39 is 0 Å². The molecule has 0 saturated carbocycles. The number of β-amino-alcohol motifs (C(OH)–C–C–N with tert-alkyl or cyclic N) is 1. The van der Waals surface area contributed by atoms with Crippen LogP contribution in [0.15, 0.2) is 53.1 Å². The monoisotopic (exact) mass is 350 g/mol. The Morgan fingerprint density at radius 1 is 1.19 bits per heavy atom. The van der Waals surface area contributed by atoms with Crippen LogP contribution in [-0.4, -0.2) is 34.2 Å². The SMILES string of the molecule is CC(C)c1nc(CN2CC[C@H](c3ccc4ccccc4c3)[C@@H](O)C2)co1. The van der Waals surface area contributed by atoms with E-state index in [2.05, 4.69) is 66.2 Å². The molecule has 1 N–H and O–H groups in total.